The SMILES string of the molecule is O=C(CSc1ccc2c(c1)OCCO2)Nc1ccnn1Cc1c(Cl)cccc1Cl. The van der Waals surface area contributed by atoms with Crippen LogP contribution >= 0.6 is 35.0 Å². The number of nitrogens with one attached hydrogen (secondary N) is 1. The van der Waals surface area contributed by atoms with Gasteiger partial charge in [-0.3, -0.25) is 4.79 Å². The monoisotopic (exact) mass is 449 g/mol. The van der Waals surface area contributed by atoms with Gasteiger partial charge in [-0.05, 0) is 30.3 Å². The number of benzene rings is 2. The number of nitrogens with zero attached hydrogens (tertiary/aromatic N) is 2. The van der Waals surface area contributed by atoms with E-state index in [-0.39, 0.29) is 11.7 Å². The summed E-state index contributed by atoms with van der Waals surface area (Å²) < 4.78 is 12.7. The molecule has 0 saturated heterocycles. The van der Waals surface area contributed by atoms with Crippen LogP contribution in [0.5, 0.6) is 11.5 Å². The van der Waals surface area contributed by atoms with Crippen molar-refractivity contribution in [2.24, 2.45) is 0 Å². The number of fused-ring (bicyclic) bond motifs is 1. The standard InChI is InChI=1S/C20H17Cl2N3O3S/c21-15-2-1-3-16(22)14(15)11-25-19(6-7-23-25)24-20(26)12-29-13-4-5-17-18(10-13)28-9-8-27-17/h1-7,10H,8-9,11-12H2,(H,24,26). The molecule has 2 heterocycles. The molecule has 150 valence electrons. The molecule has 1 aliphatic rings. The van der Waals surface area contributed by atoms with Gasteiger partial charge in [0.2, 0.25) is 5.91 Å². The van der Waals surface area contributed by atoms with Crippen molar-refractivity contribution >= 4 is 46.7 Å². The van der Waals surface area contributed by atoms with E-state index in [1.807, 2.05) is 18.2 Å². The lowest BCUT2D eigenvalue weighted by atomic mass is 10.2. The van der Waals surface area contributed by atoms with Gasteiger partial charge in [0.25, 0.3) is 0 Å². The fraction of sp³-hybridized carbons (Fsp3) is 0.200. The molecule has 2 aromatic carbocycles. The number of hydrogen-bond donors (Lipinski definition) is 1. The molecule has 0 saturated carbocycles. The third kappa shape index (κ3) is 4.80. The summed E-state index contributed by atoms with van der Waals surface area (Å²) in [5, 5.41) is 8.25. The van der Waals surface area contributed by atoms with Crippen LogP contribution in [0.3, 0.4) is 0 Å². The molecule has 0 fully saturated rings. The van der Waals surface area contributed by atoms with Crippen molar-refractivity contribution in [2.75, 3.05) is 24.3 Å². The van der Waals surface area contributed by atoms with Crippen LogP contribution in [-0.4, -0.2) is 34.7 Å². The van der Waals surface area contributed by atoms with Crippen LogP contribution in [0.4, 0.5) is 5.82 Å². The summed E-state index contributed by atoms with van der Waals surface area (Å²) in [6, 6.07) is 12.7. The van der Waals surface area contributed by atoms with Crippen molar-refractivity contribution in [3.63, 3.8) is 0 Å². The summed E-state index contributed by atoms with van der Waals surface area (Å²) in [7, 11) is 0. The highest BCUT2D eigenvalue weighted by Crippen LogP contribution is 2.34. The summed E-state index contributed by atoms with van der Waals surface area (Å²) in [5.41, 5.74) is 0.751. The first-order chi connectivity index (χ1) is 14.1. The molecule has 6 nitrogen and oxygen atoms in total. The fourth-order valence-electron chi connectivity index (χ4n) is 2.84. The van der Waals surface area contributed by atoms with Crippen molar-refractivity contribution in [3.8, 4) is 11.5 Å². The van der Waals surface area contributed by atoms with Gasteiger partial charge in [0.05, 0.1) is 18.5 Å². The molecule has 1 amide bonds. The average Bonchev–Trinajstić information content (AvgIpc) is 3.15. The molecule has 1 aliphatic heterocycles. The maximum absolute atomic E-state index is 12.4. The van der Waals surface area contributed by atoms with Crippen LogP contribution in [0.1, 0.15) is 5.56 Å². The molecule has 1 N–H and O–H groups in total. The highest BCUT2D eigenvalue weighted by molar-refractivity contribution is 8.00. The first kappa shape index (κ1) is 19.9. The summed E-state index contributed by atoms with van der Waals surface area (Å²) in [4.78, 5) is 13.4. The van der Waals surface area contributed by atoms with Crippen LogP contribution in [0, 0.1) is 0 Å². The van der Waals surface area contributed by atoms with Gasteiger partial charge in [0.15, 0.2) is 11.5 Å². The predicted octanol–water partition coefficient (Wildman–Crippen LogP) is 4.74. The summed E-state index contributed by atoms with van der Waals surface area (Å²) >= 11 is 13.9. The number of ether oxygens (including phenoxy) is 2. The van der Waals surface area contributed by atoms with E-state index in [0.29, 0.717) is 41.4 Å². The first-order valence-corrected chi connectivity index (χ1v) is 10.6. The van der Waals surface area contributed by atoms with Crippen molar-refractivity contribution in [1.82, 2.24) is 9.78 Å². The first-order valence-electron chi connectivity index (χ1n) is 8.87. The van der Waals surface area contributed by atoms with Crippen LogP contribution in [0.15, 0.2) is 53.6 Å². The Morgan fingerprint density at radius 2 is 1.86 bits per heavy atom. The lowest BCUT2D eigenvalue weighted by Gasteiger charge is -2.18. The van der Waals surface area contributed by atoms with Gasteiger partial charge in [-0.1, -0.05) is 29.3 Å². The number of anilines is 1. The second-order valence-corrected chi connectivity index (χ2v) is 8.08. The zero-order chi connectivity index (χ0) is 20.2. The van der Waals surface area contributed by atoms with E-state index in [4.69, 9.17) is 32.7 Å². The Hall–Kier alpha value is -2.35. The predicted molar refractivity (Wildman–Crippen MR) is 115 cm³/mol. The van der Waals surface area contributed by atoms with Crippen LogP contribution in [0.2, 0.25) is 10.0 Å². The van der Waals surface area contributed by atoms with Gasteiger partial charge in [-0.15, -0.1) is 11.8 Å². The minimum absolute atomic E-state index is 0.142. The number of halogens is 2. The van der Waals surface area contributed by atoms with Gasteiger partial charge in [0.1, 0.15) is 19.0 Å². The Bertz CT molecular complexity index is 1020. The van der Waals surface area contributed by atoms with E-state index >= 15 is 0 Å². The van der Waals surface area contributed by atoms with Crippen molar-refractivity contribution in [1.29, 1.82) is 0 Å². The number of aromatic nitrogens is 2. The van der Waals surface area contributed by atoms with Crippen LogP contribution in [-0.2, 0) is 11.3 Å². The third-order valence-corrected chi connectivity index (χ3v) is 5.94. The van der Waals surface area contributed by atoms with E-state index in [0.717, 1.165) is 16.2 Å². The van der Waals surface area contributed by atoms with E-state index < -0.39 is 0 Å². The van der Waals surface area contributed by atoms with Gasteiger partial charge in [0, 0.05) is 26.6 Å². The maximum atomic E-state index is 12.4. The average molecular weight is 450 g/mol. The van der Waals surface area contributed by atoms with E-state index in [2.05, 4.69) is 10.4 Å². The molecule has 4 rings (SSSR count). The summed E-state index contributed by atoms with van der Waals surface area (Å²) in [6.07, 6.45) is 1.62. The van der Waals surface area contributed by atoms with E-state index in [9.17, 15) is 4.79 Å². The molecule has 0 atom stereocenters. The van der Waals surface area contributed by atoms with Gasteiger partial charge in [-0.25, -0.2) is 4.68 Å². The molecule has 0 radical (unpaired) electrons. The Morgan fingerprint density at radius 3 is 2.66 bits per heavy atom. The number of hydrogen-bond acceptors (Lipinski definition) is 5. The molecular formula is C20H17Cl2N3O3S. The number of carbonyl (C=O) groups excluding carboxylic acids is 1. The van der Waals surface area contributed by atoms with E-state index in [1.165, 1.54) is 11.8 Å². The highest BCUT2D eigenvalue weighted by atomic mass is 35.5. The quantitative estimate of drug-likeness (QED) is 0.550. The molecule has 9 heteroatoms. The normalized spacial score (nSPS) is 12.6. The topological polar surface area (TPSA) is 65.4 Å². The van der Waals surface area contributed by atoms with Gasteiger partial charge >= 0.3 is 0 Å². The third-order valence-electron chi connectivity index (χ3n) is 4.24. The Balaban J connectivity index is 1.38. The van der Waals surface area contributed by atoms with Gasteiger partial charge in [-0.2, -0.15) is 5.10 Å². The van der Waals surface area contributed by atoms with Gasteiger partial charge < -0.3 is 14.8 Å². The van der Waals surface area contributed by atoms with Crippen LogP contribution < -0.4 is 14.8 Å². The minimum atomic E-state index is -0.142. The Labute approximate surface area is 182 Å². The van der Waals surface area contributed by atoms with E-state index in [1.54, 1.807) is 35.1 Å². The molecule has 0 bridgehead atoms. The summed E-state index contributed by atoms with van der Waals surface area (Å²) in [5.74, 6) is 2.12. The second kappa shape index (κ2) is 8.98. The lowest BCUT2D eigenvalue weighted by Crippen LogP contribution is -2.18. The minimum Gasteiger partial charge on any atom is -0.486 e. The molecular weight excluding hydrogens is 433 g/mol. The second-order valence-electron chi connectivity index (χ2n) is 6.22. The molecule has 0 spiro atoms. The smallest absolute Gasteiger partial charge is 0.235 e. The number of rotatable bonds is 6. The largest absolute Gasteiger partial charge is 0.486 e. The molecule has 0 unspecified atom stereocenters. The lowest BCUT2D eigenvalue weighted by molar-refractivity contribution is -0.113. The Kier molecular flexibility index (Phi) is 6.18. The van der Waals surface area contributed by atoms with Crippen molar-refractivity contribution in [3.05, 3.63) is 64.3 Å². The Morgan fingerprint density at radius 1 is 1.10 bits per heavy atom. The van der Waals surface area contributed by atoms with Crippen molar-refractivity contribution in [2.45, 2.75) is 11.4 Å². The zero-order valence-corrected chi connectivity index (χ0v) is 17.6. The maximum Gasteiger partial charge on any atom is 0.235 e. The molecule has 1 aromatic heterocycles. The molecule has 0 aliphatic carbocycles. The molecule has 3 aromatic rings. The van der Waals surface area contributed by atoms with Crippen LogP contribution in [0.25, 0.3) is 0 Å². The number of carbonyl (C=O) groups is 1. The summed E-state index contributed by atoms with van der Waals surface area (Å²) in [6.45, 7) is 1.44. The fourth-order valence-corrected chi connectivity index (χ4v) is 4.08. The number of amides is 1. The zero-order valence-electron chi connectivity index (χ0n) is 15.2. The van der Waals surface area contributed by atoms with Crippen molar-refractivity contribution < 1.29 is 14.3 Å². The number of thioether (sulfide) groups is 1. The molecule has 29 heavy (non-hydrogen) atoms. The highest BCUT2D eigenvalue weighted by Gasteiger charge is 2.14.